The Hall–Kier alpha value is -8.16. The predicted molar refractivity (Wildman–Crippen MR) is 279 cm³/mol. The van der Waals surface area contributed by atoms with Crippen LogP contribution in [0.4, 0.5) is 0 Å². The molecule has 2 aliphatic rings. The molecule has 0 heterocycles. The van der Waals surface area contributed by atoms with Gasteiger partial charge in [-0.15, -0.1) is 0 Å². The first-order valence-corrected chi connectivity index (χ1v) is 26.3. The van der Waals surface area contributed by atoms with Gasteiger partial charge in [-0.1, -0.05) is 37.4 Å². The molecule has 2 saturated carbocycles. The first-order chi connectivity index (χ1) is 37.9. The number of ether oxygens (including phenoxy) is 10. The second kappa shape index (κ2) is 31.9. The van der Waals surface area contributed by atoms with Gasteiger partial charge in [0.05, 0.1) is 62.6 Å². The molecule has 0 amide bonds. The summed E-state index contributed by atoms with van der Waals surface area (Å²) in [5.74, 6) is -5.62. The Morgan fingerprint density at radius 2 is 0.823 bits per heavy atom. The molecule has 0 saturated heterocycles. The standard InChI is InChI=1S/C59H68O20/c1-6-50(60)72-35-39(5)75-55(65)29-28-53(63)71-33-31-41-10-22-46(23-11-41)76-56(66)42-12-14-44(15-13-42)58(68)78-48-24-25-49(37(3)34-48)79-59(69)45-18-16-43(17-19-45)57(67)77-47-20-8-40(9-21-47)30-32-70-52(62)26-27-54(64)73-36-38(4)74-51(61)7-2/h6-11,20-25,34,38-39,42-45H,1-2,12-19,26-33,35-36H2,3-5H3. The molecule has 20 nitrogen and oxygen atoms in total. The van der Waals surface area contributed by atoms with Gasteiger partial charge in [-0.05, 0) is 131 Å². The highest BCUT2D eigenvalue weighted by Crippen LogP contribution is 2.34. The van der Waals surface area contributed by atoms with E-state index in [1.165, 1.54) is 0 Å². The summed E-state index contributed by atoms with van der Waals surface area (Å²) in [4.78, 5) is 123. The van der Waals surface area contributed by atoms with Crippen LogP contribution in [0, 0.1) is 30.6 Å². The van der Waals surface area contributed by atoms with Crippen molar-refractivity contribution < 1.29 is 95.3 Å². The van der Waals surface area contributed by atoms with E-state index < -0.39 is 95.6 Å². The van der Waals surface area contributed by atoms with Crippen molar-refractivity contribution in [2.45, 2.75) is 123 Å². The fourth-order valence-corrected chi connectivity index (χ4v) is 8.42. The van der Waals surface area contributed by atoms with Gasteiger partial charge < -0.3 is 47.4 Å². The van der Waals surface area contributed by atoms with E-state index in [0.29, 0.717) is 92.8 Å². The van der Waals surface area contributed by atoms with Gasteiger partial charge >= 0.3 is 59.7 Å². The number of benzene rings is 3. The van der Waals surface area contributed by atoms with E-state index in [2.05, 4.69) is 13.2 Å². The van der Waals surface area contributed by atoms with Crippen LogP contribution in [-0.2, 0) is 89.2 Å². The summed E-state index contributed by atoms with van der Waals surface area (Å²) in [5.41, 5.74) is 2.25. The highest BCUT2D eigenvalue weighted by Gasteiger charge is 2.34. The topological polar surface area (TPSA) is 263 Å². The summed E-state index contributed by atoms with van der Waals surface area (Å²) in [6.45, 7) is 11.3. The van der Waals surface area contributed by atoms with Crippen molar-refractivity contribution in [1.29, 1.82) is 0 Å². The Bertz CT molecular complexity index is 2620. The summed E-state index contributed by atoms with van der Waals surface area (Å²) in [5, 5.41) is 0. The van der Waals surface area contributed by atoms with Crippen molar-refractivity contribution in [2.24, 2.45) is 23.7 Å². The number of rotatable bonds is 28. The van der Waals surface area contributed by atoms with Gasteiger partial charge in [0.2, 0.25) is 0 Å². The van der Waals surface area contributed by atoms with Crippen LogP contribution in [0.3, 0.4) is 0 Å². The van der Waals surface area contributed by atoms with Crippen molar-refractivity contribution >= 4 is 59.7 Å². The molecule has 0 bridgehead atoms. The zero-order valence-corrected chi connectivity index (χ0v) is 44.8. The fourth-order valence-electron chi connectivity index (χ4n) is 8.42. The van der Waals surface area contributed by atoms with E-state index in [1.54, 1.807) is 87.5 Å². The van der Waals surface area contributed by atoms with Crippen molar-refractivity contribution in [1.82, 2.24) is 0 Å². The Morgan fingerprint density at radius 3 is 1.25 bits per heavy atom. The maximum atomic E-state index is 13.2. The minimum absolute atomic E-state index is 0.0732. The van der Waals surface area contributed by atoms with Crippen molar-refractivity contribution in [3.8, 4) is 23.0 Å². The number of hydrogen-bond acceptors (Lipinski definition) is 20. The molecule has 20 heteroatoms. The van der Waals surface area contributed by atoms with Crippen LogP contribution >= 0.6 is 0 Å². The van der Waals surface area contributed by atoms with Crippen LogP contribution in [0.5, 0.6) is 23.0 Å². The molecule has 0 spiro atoms. The SMILES string of the molecule is C=CC(=O)OCC(C)OC(=O)CCC(=O)OCCc1ccc(OC(=O)C2CCC(C(=O)Oc3ccc(OC(=O)C4CCC(C(=O)Oc5ccc(CCOC(=O)CCC(=O)OCC(C)OC(=O)C=C)cc5)CC4)c(C)c3)CC2)cc1. The van der Waals surface area contributed by atoms with Crippen LogP contribution in [0.1, 0.15) is 108 Å². The minimum atomic E-state index is -0.683. The number of carbonyl (C=O) groups excluding carboxylic acids is 10. The molecule has 3 aromatic carbocycles. The molecule has 5 rings (SSSR count). The summed E-state index contributed by atoms with van der Waals surface area (Å²) < 4.78 is 53.0. The molecule has 3 aromatic rings. The van der Waals surface area contributed by atoms with Crippen molar-refractivity contribution in [2.75, 3.05) is 26.4 Å². The van der Waals surface area contributed by atoms with Gasteiger partial charge in [0.1, 0.15) is 48.4 Å². The zero-order valence-electron chi connectivity index (χ0n) is 44.8. The van der Waals surface area contributed by atoms with Crippen LogP contribution in [0.2, 0.25) is 0 Å². The maximum Gasteiger partial charge on any atom is 0.330 e. The summed E-state index contributed by atoms with van der Waals surface area (Å²) in [6, 6.07) is 18.4. The van der Waals surface area contributed by atoms with Gasteiger partial charge in [0.15, 0.2) is 0 Å². The highest BCUT2D eigenvalue weighted by molar-refractivity contribution is 5.82. The first-order valence-electron chi connectivity index (χ1n) is 26.3. The largest absolute Gasteiger partial charge is 0.465 e. The van der Waals surface area contributed by atoms with Gasteiger partial charge in [0, 0.05) is 25.0 Å². The molecule has 2 aliphatic carbocycles. The lowest BCUT2D eigenvalue weighted by Crippen LogP contribution is -2.30. The van der Waals surface area contributed by atoms with Crippen LogP contribution in [0.15, 0.2) is 92.0 Å². The Kier molecular flexibility index (Phi) is 24.9. The molecular weight excluding hydrogens is 1030 g/mol. The quantitative estimate of drug-likeness (QED) is 0.0292. The smallest absolute Gasteiger partial charge is 0.330 e. The average Bonchev–Trinajstić information content (AvgIpc) is 3.46. The highest BCUT2D eigenvalue weighted by atomic mass is 16.6. The fraction of sp³-hybridized carbons (Fsp3) is 0.458. The lowest BCUT2D eigenvalue weighted by atomic mass is 9.82. The first kappa shape index (κ1) is 61.7. The molecule has 79 heavy (non-hydrogen) atoms. The van der Waals surface area contributed by atoms with Gasteiger partial charge in [-0.25, -0.2) is 9.59 Å². The monoisotopic (exact) mass is 1100 g/mol. The number of esters is 10. The van der Waals surface area contributed by atoms with E-state index in [-0.39, 0.29) is 52.1 Å². The molecular formula is C59H68O20. The predicted octanol–water partition coefficient (Wildman–Crippen LogP) is 7.68. The molecule has 0 aromatic heterocycles. The van der Waals surface area contributed by atoms with Crippen LogP contribution in [-0.4, -0.2) is 98.3 Å². The third-order valence-electron chi connectivity index (χ3n) is 12.9. The normalized spacial score (nSPS) is 17.4. The molecule has 0 radical (unpaired) electrons. The Labute approximate surface area is 458 Å². The molecule has 0 aliphatic heterocycles. The van der Waals surface area contributed by atoms with E-state index in [1.807, 2.05) is 0 Å². The van der Waals surface area contributed by atoms with Crippen molar-refractivity contribution in [3.63, 3.8) is 0 Å². The van der Waals surface area contributed by atoms with Crippen LogP contribution in [0.25, 0.3) is 0 Å². The lowest BCUT2D eigenvalue weighted by molar-refractivity contribution is -0.157. The van der Waals surface area contributed by atoms with E-state index in [4.69, 9.17) is 47.4 Å². The third-order valence-corrected chi connectivity index (χ3v) is 12.9. The van der Waals surface area contributed by atoms with Gasteiger partial charge in [0.25, 0.3) is 0 Å². The number of carbonyl (C=O) groups is 10. The Morgan fingerprint density at radius 1 is 0.456 bits per heavy atom. The molecule has 2 atom stereocenters. The average molecular weight is 1100 g/mol. The molecule has 2 unspecified atom stereocenters. The maximum absolute atomic E-state index is 13.2. The second-order valence-electron chi connectivity index (χ2n) is 19.2. The summed E-state index contributed by atoms with van der Waals surface area (Å²) in [6.07, 6.45) is 4.19. The van der Waals surface area contributed by atoms with Gasteiger partial charge in [-0.2, -0.15) is 0 Å². The third kappa shape index (κ3) is 22.0. The second-order valence-corrected chi connectivity index (χ2v) is 19.2. The molecule has 2 fully saturated rings. The van der Waals surface area contributed by atoms with E-state index in [9.17, 15) is 47.9 Å². The van der Waals surface area contributed by atoms with Crippen molar-refractivity contribution in [3.05, 3.63) is 109 Å². The zero-order chi connectivity index (χ0) is 57.3. The summed E-state index contributed by atoms with van der Waals surface area (Å²) >= 11 is 0. The molecule has 424 valence electrons. The minimum Gasteiger partial charge on any atom is -0.465 e. The number of hydrogen-bond donors (Lipinski definition) is 0. The van der Waals surface area contributed by atoms with Gasteiger partial charge in [-0.3, -0.25) is 38.4 Å². The Balaban J connectivity index is 0.920. The lowest BCUT2D eigenvalue weighted by Gasteiger charge is -2.26. The van der Waals surface area contributed by atoms with E-state index >= 15 is 0 Å². The number of aryl methyl sites for hydroxylation is 1. The van der Waals surface area contributed by atoms with E-state index in [0.717, 1.165) is 23.3 Å². The summed E-state index contributed by atoms with van der Waals surface area (Å²) in [7, 11) is 0. The van der Waals surface area contributed by atoms with Crippen LogP contribution < -0.4 is 18.9 Å². The molecule has 0 N–H and O–H groups in total.